The van der Waals surface area contributed by atoms with Crippen LogP contribution in [0.5, 0.6) is 0 Å². The fourth-order valence-electron chi connectivity index (χ4n) is 12.8. The minimum Gasteiger partial charge on any atom is -0.756 e. The second kappa shape index (κ2) is 108. The summed E-state index contributed by atoms with van der Waals surface area (Å²) < 4.78 is 123. The number of ketones is 5. The van der Waals surface area contributed by atoms with Crippen LogP contribution in [0.1, 0.15) is 267 Å². The van der Waals surface area contributed by atoms with Crippen LogP contribution in [0, 0.1) is 11.8 Å². The standard InChI is InChI=1S/C63H119N4O23P.C25H44NO10P.2C2H6.H7P5.H4P2/c1-3-5-6-7-8-9-10-11-12-13-16-20-56(69)53-58(64)62(72)61(65)57-54-60(71)67(63(57)73)25-22-55(68)21-19-26-76-29-31-78-33-35-80-37-39-82-41-43-84-45-47-86-49-51-88-52-50-87-48-46-85-44-42-83-40-38-81-36-34-79-32-30-77-28-23-59(70)66-24-17-14-15-18-27-90-91(74,75)89-4-2;1-3-35-37(31,32)36-16-8-6-4-5-7-10-23(28)13-17-34-19-18-33-15-9-11-22(27)12-14-26-24(29)20-21(2)25(26)30;2*1-2;1-4-5(2)3;1-2/h57-58,61H,3-54,64-65H2,1-2H3,(H,66,70)(H,74,75);21H,3-20H2,1-2H3,(H,31,32);2*1-2H3;4H,1-3H2;1-2H2/p-2/t57?,58-,61?;;;;;/m0...../s1. The number of hydrogen-bond donors (Lipinski definition) is 3. The van der Waals surface area contributed by atoms with Gasteiger partial charge in [0.2, 0.25) is 29.5 Å². The van der Waals surface area contributed by atoms with Crippen molar-refractivity contribution in [3.8, 4) is 0 Å². The summed E-state index contributed by atoms with van der Waals surface area (Å²) in [6.45, 7) is 28.7. The number of rotatable bonds is 98. The molecular formula is C92H184N5O33P9-2. The van der Waals surface area contributed by atoms with Gasteiger partial charge in [-0.05, 0) is 65.8 Å². The number of hydrogen-bond acceptors (Lipinski definition) is 35. The lowest BCUT2D eigenvalue weighted by Crippen LogP contribution is -2.50. The molecule has 139 heavy (non-hydrogen) atoms. The lowest BCUT2D eigenvalue weighted by atomic mass is 9.90. The van der Waals surface area contributed by atoms with Crippen molar-refractivity contribution >= 4 is 134 Å². The van der Waals surface area contributed by atoms with Gasteiger partial charge in [-0.25, -0.2) is 0 Å². The lowest BCUT2D eigenvalue weighted by Gasteiger charge is -2.21. The molecular weight excluding hydrogens is 1980 g/mol. The Morgan fingerprint density at radius 1 is 0.381 bits per heavy atom. The van der Waals surface area contributed by atoms with E-state index in [1.807, 2.05) is 27.7 Å². The van der Waals surface area contributed by atoms with Crippen molar-refractivity contribution in [2.45, 2.75) is 279 Å². The van der Waals surface area contributed by atoms with E-state index in [4.69, 9.17) is 91.6 Å². The first-order chi connectivity index (χ1) is 67.3. The molecule has 822 valence electrons. The van der Waals surface area contributed by atoms with Gasteiger partial charge in [0.1, 0.15) is 23.1 Å². The van der Waals surface area contributed by atoms with E-state index in [0.29, 0.717) is 256 Å². The quantitative estimate of drug-likeness (QED) is 0.0289. The summed E-state index contributed by atoms with van der Waals surface area (Å²) in [5.41, 5.74) is 12.2. The molecule has 12 atom stereocenters. The third-order valence-corrected chi connectivity index (χ3v) is 34.2. The summed E-state index contributed by atoms with van der Waals surface area (Å²) in [6, 6.07) is -2.44. The van der Waals surface area contributed by atoms with E-state index < -0.39 is 51.2 Å². The van der Waals surface area contributed by atoms with Crippen LogP contribution in [0.2, 0.25) is 0 Å². The van der Waals surface area contributed by atoms with Gasteiger partial charge in [-0.15, -0.1) is 44.6 Å². The second-order valence-electron chi connectivity index (χ2n) is 31.5. The van der Waals surface area contributed by atoms with Crippen molar-refractivity contribution in [3.05, 3.63) is 0 Å². The number of Topliss-reactive ketones (excluding diaryl/α,β-unsaturated/α-hetero) is 5. The Morgan fingerprint density at radius 2 is 0.662 bits per heavy atom. The molecule has 2 fully saturated rings. The molecule has 0 aromatic heterocycles. The molecule has 0 radical (unpaired) electrons. The van der Waals surface area contributed by atoms with Crippen molar-refractivity contribution in [1.82, 2.24) is 15.1 Å². The van der Waals surface area contributed by atoms with Crippen LogP contribution < -0.4 is 26.6 Å². The molecule has 2 saturated heterocycles. The maximum Gasteiger partial charge on any atom is 0.267 e. The number of likely N-dealkylation sites (tertiary alicyclic amines) is 2. The minimum atomic E-state index is -4.18. The van der Waals surface area contributed by atoms with Gasteiger partial charge in [-0.2, -0.15) is 0 Å². The number of amides is 5. The zero-order valence-corrected chi connectivity index (χ0v) is 95.0. The highest BCUT2D eigenvalue weighted by Gasteiger charge is 2.45. The summed E-state index contributed by atoms with van der Waals surface area (Å²) in [4.78, 5) is 148. The lowest BCUT2D eigenvalue weighted by molar-refractivity contribution is -0.226. The van der Waals surface area contributed by atoms with Gasteiger partial charge in [-0.1, -0.05) is 146 Å². The molecule has 38 nitrogen and oxygen atoms in total. The monoisotopic (exact) mass is 2170 g/mol. The topological polar surface area (TPSA) is 497 Å². The average Bonchev–Trinajstić information content (AvgIpc) is 1.66. The predicted molar refractivity (Wildman–Crippen MR) is 557 cm³/mol. The molecule has 47 heteroatoms. The Morgan fingerprint density at radius 3 is 0.993 bits per heavy atom. The number of phosphoric acid groups is 2. The van der Waals surface area contributed by atoms with Crippen LogP contribution in [0.15, 0.2) is 0 Å². The second-order valence-corrected chi connectivity index (χ2v) is 48.2. The van der Waals surface area contributed by atoms with Crippen molar-refractivity contribution in [3.63, 3.8) is 0 Å². The highest BCUT2D eigenvalue weighted by Crippen LogP contribution is 2.71. The Kier molecular flexibility index (Phi) is 112. The predicted octanol–water partition coefficient (Wildman–Crippen LogP) is 12.9. The molecule has 0 saturated carbocycles. The molecule has 0 bridgehead atoms. The Bertz CT molecular complexity index is 3040. The van der Waals surface area contributed by atoms with E-state index >= 15 is 0 Å². The summed E-state index contributed by atoms with van der Waals surface area (Å²) in [5.74, 6) is -3.61. The van der Waals surface area contributed by atoms with E-state index in [0.717, 1.165) is 83.5 Å². The van der Waals surface area contributed by atoms with Crippen LogP contribution in [-0.4, -0.2) is 325 Å². The third kappa shape index (κ3) is 96.0. The number of nitrogens with zero attached hydrogens (tertiary/aromatic N) is 2. The number of nitrogens with two attached hydrogens (primary N) is 2. The third-order valence-electron chi connectivity index (χ3n) is 20.1. The van der Waals surface area contributed by atoms with Crippen LogP contribution in [0.25, 0.3) is 0 Å². The van der Waals surface area contributed by atoms with Crippen molar-refractivity contribution in [2.75, 3.05) is 244 Å². The fraction of sp³-hybridized carbons (Fsp3) is 0.891. The van der Waals surface area contributed by atoms with Gasteiger partial charge >= 0.3 is 0 Å². The highest BCUT2D eigenvalue weighted by atomic mass is 32.8. The minimum absolute atomic E-state index is 0.000737. The molecule has 11 unspecified atom stereocenters. The largest absolute Gasteiger partial charge is 0.756 e. The highest BCUT2D eigenvalue weighted by molar-refractivity contribution is 8.77. The molecule has 2 aliphatic rings. The normalized spacial score (nSPS) is 14.9. The van der Waals surface area contributed by atoms with E-state index in [1.165, 1.54) is 49.8 Å². The Labute approximate surface area is 847 Å². The SMILES string of the molecule is CC.CC.CCCCCCCCCCCCCC(=O)C[C@H](N)C(=O)C(N)C1CC(=O)N(CCC(=O)CCCOCCOCCOCCOCCOCCOCCOCCOCCOCCOCCOCCOCCOCCC(=O)NCCCCCCOP(=O)([O-])OCC)C1=O.CCOP(=O)([O-])OCCCCCCCC(=O)CCOCCOCCCC(=O)CCN1C(=O)CC(C)C1=O.PP.PPP(P)P. The maximum absolute atomic E-state index is 13.1. The fourth-order valence-corrected chi connectivity index (χ4v) is 14.3. The molecule has 0 spiro atoms. The zero-order valence-electron chi connectivity index (χ0n) is 85.6. The van der Waals surface area contributed by atoms with Crippen LogP contribution in [0.4, 0.5) is 0 Å². The molecule has 2 aliphatic heterocycles. The van der Waals surface area contributed by atoms with Crippen LogP contribution in [0.3, 0.4) is 0 Å². The average molecular weight is 2170 g/mol. The van der Waals surface area contributed by atoms with Crippen molar-refractivity contribution < 1.29 is 156 Å². The van der Waals surface area contributed by atoms with E-state index in [-0.39, 0.29) is 138 Å². The Hall–Kier alpha value is -1.35. The number of carbonyl (C=O) groups excluding carboxylic acids is 10. The maximum atomic E-state index is 13.1. The Balaban J connectivity index is -0.00000156. The molecule has 0 aromatic rings. The van der Waals surface area contributed by atoms with Gasteiger partial charge in [0, 0.05) is 109 Å². The molecule has 0 aromatic carbocycles. The van der Waals surface area contributed by atoms with Gasteiger partial charge in [0.15, 0.2) is 5.78 Å². The van der Waals surface area contributed by atoms with Gasteiger partial charge in [0.25, 0.3) is 15.6 Å². The number of imide groups is 2. The number of ether oxygens (including phenoxy) is 15. The molecule has 5 N–H and O–H groups in total. The number of phosphoric ester groups is 2. The van der Waals surface area contributed by atoms with Crippen LogP contribution >= 0.6 is 75.2 Å². The molecule has 2 rings (SSSR count). The van der Waals surface area contributed by atoms with Gasteiger partial charge in [0.05, 0.1) is 229 Å². The number of carbonyl (C=O) groups is 10. The zero-order chi connectivity index (χ0) is 104. The molecule has 0 aliphatic carbocycles. The summed E-state index contributed by atoms with van der Waals surface area (Å²) in [6.07, 6.45) is 23.1. The van der Waals surface area contributed by atoms with E-state index in [9.17, 15) is 66.9 Å². The number of unbranched alkanes of at least 4 members (excludes halogenated alkanes) is 17. The van der Waals surface area contributed by atoms with Crippen LogP contribution in [-0.2, 0) is 146 Å². The van der Waals surface area contributed by atoms with Gasteiger partial charge in [-0.3, -0.25) is 66.9 Å². The smallest absolute Gasteiger partial charge is 0.267 e. The van der Waals surface area contributed by atoms with E-state index in [2.05, 4.69) is 65.9 Å². The molecule has 5 amide bonds. The van der Waals surface area contributed by atoms with Crippen molar-refractivity contribution in [2.24, 2.45) is 23.3 Å². The first kappa shape index (κ1) is 144. The summed E-state index contributed by atoms with van der Waals surface area (Å²) >= 11 is 0. The first-order valence-corrected chi connectivity index (χ1v) is 64.1. The summed E-state index contributed by atoms with van der Waals surface area (Å²) in [7, 11) is 5.58. The number of nitrogens with one attached hydrogen (secondary N) is 1. The van der Waals surface area contributed by atoms with Gasteiger partial charge < -0.3 is 116 Å². The first-order valence-electron chi connectivity index (χ1n) is 50.3. The summed E-state index contributed by atoms with van der Waals surface area (Å²) in [5, 5.41) is 2.84. The van der Waals surface area contributed by atoms with Crippen molar-refractivity contribution in [1.29, 1.82) is 0 Å². The van der Waals surface area contributed by atoms with E-state index in [1.54, 1.807) is 20.8 Å². The molecule has 2 heterocycles.